The molecule has 0 aliphatic carbocycles. The van der Waals surface area contributed by atoms with Crippen molar-refractivity contribution in [3.05, 3.63) is 23.2 Å². The second kappa shape index (κ2) is 5.38. The Hall–Kier alpha value is -1.26. The van der Waals surface area contributed by atoms with Gasteiger partial charge in [-0.15, -0.1) is 0 Å². The van der Waals surface area contributed by atoms with Gasteiger partial charge in [-0.25, -0.2) is 4.98 Å². The zero-order valence-corrected chi connectivity index (χ0v) is 10.6. The van der Waals surface area contributed by atoms with Gasteiger partial charge in [-0.05, 0) is 31.5 Å². The van der Waals surface area contributed by atoms with Crippen LogP contribution in [-0.4, -0.2) is 22.8 Å². The lowest BCUT2D eigenvalue weighted by atomic mass is 10.3. The molecular weight excluding hydrogens is 238 g/mol. The molecule has 0 atom stereocenters. The van der Waals surface area contributed by atoms with Crippen LogP contribution < -0.4 is 5.73 Å². The highest BCUT2D eigenvalue weighted by molar-refractivity contribution is 6.31. The summed E-state index contributed by atoms with van der Waals surface area (Å²) in [4.78, 5) is 4.29. The molecular formula is C12H16ClN3O. The zero-order chi connectivity index (χ0) is 12.3. The summed E-state index contributed by atoms with van der Waals surface area (Å²) in [5.74, 6) is 0.527. The van der Waals surface area contributed by atoms with Crippen molar-refractivity contribution in [1.29, 1.82) is 0 Å². The molecule has 0 unspecified atom stereocenters. The van der Waals surface area contributed by atoms with Crippen LogP contribution in [0.3, 0.4) is 0 Å². The third-order valence-electron chi connectivity index (χ3n) is 2.61. The SMILES string of the molecule is CCOCCCn1c(N)nc2cc(Cl)ccc21. The standard InChI is InChI=1S/C12H16ClN3O/c1-2-17-7-3-6-16-11-5-4-9(13)8-10(11)15-12(16)14/h4-5,8H,2-3,6-7H2,1H3,(H2,14,15). The van der Waals surface area contributed by atoms with Crippen LogP contribution in [0.4, 0.5) is 5.95 Å². The summed E-state index contributed by atoms with van der Waals surface area (Å²) in [6.45, 7) is 4.28. The molecule has 17 heavy (non-hydrogen) atoms. The van der Waals surface area contributed by atoms with E-state index in [0.29, 0.717) is 11.0 Å². The molecule has 1 aromatic heterocycles. The Labute approximate surface area is 105 Å². The molecule has 92 valence electrons. The van der Waals surface area contributed by atoms with Gasteiger partial charge in [0, 0.05) is 24.8 Å². The normalized spacial score (nSPS) is 11.2. The van der Waals surface area contributed by atoms with Crippen LogP contribution in [0.1, 0.15) is 13.3 Å². The van der Waals surface area contributed by atoms with Gasteiger partial charge in [0.25, 0.3) is 0 Å². The van der Waals surface area contributed by atoms with Gasteiger partial charge in [-0.1, -0.05) is 11.6 Å². The smallest absolute Gasteiger partial charge is 0.201 e. The number of nitrogens with zero attached hydrogens (tertiary/aromatic N) is 2. The van der Waals surface area contributed by atoms with Gasteiger partial charge < -0.3 is 15.0 Å². The Morgan fingerprint density at radius 1 is 1.47 bits per heavy atom. The fraction of sp³-hybridized carbons (Fsp3) is 0.417. The molecule has 0 amide bonds. The lowest BCUT2D eigenvalue weighted by Crippen LogP contribution is -2.06. The Bertz CT molecular complexity index is 510. The van der Waals surface area contributed by atoms with E-state index in [-0.39, 0.29) is 0 Å². The molecule has 4 nitrogen and oxygen atoms in total. The minimum absolute atomic E-state index is 0.527. The second-order valence-electron chi connectivity index (χ2n) is 3.81. The number of halogens is 1. The summed E-state index contributed by atoms with van der Waals surface area (Å²) in [6, 6.07) is 5.62. The number of fused-ring (bicyclic) bond motifs is 1. The van der Waals surface area contributed by atoms with Crippen LogP contribution in [0.15, 0.2) is 18.2 Å². The van der Waals surface area contributed by atoms with E-state index in [1.165, 1.54) is 0 Å². The van der Waals surface area contributed by atoms with Crippen molar-refractivity contribution in [3.63, 3.8) is 0 Å². The lowest BCUT2D eigenvalue weighted by Gasteiger charge is -2.06. The molecule has 0 saturated carbocycles. The lowest BCUT2D eigenvalue weighted by molar-refractivity contribution is 0.142. The van der Waals surface area contributed by atoms with Gasteiger partial charge in [0.05, 0.1) is 11.0 Å². The number of anilines is 1. The first kappa shape index (κ1) is 12.2. The second-order valence-corrected chi connectivity index (χ2v) is 4.24. The first-order chi connectivity index (χ1) is 8.22. The van der Waals surface area contributed by atoms with E-state index in [9.17, 15) is 0 Å². The number of ether oxygens (including phenoxy) is 1. The molecule has 0 bridgehead atoms. The van der Waals surface area contributed by atoms with Gasteiger partial charge in [0.2, 0.25) is 5.95 Å². The van der Waals surface area contributed by atoms with E-state index >= 15 is 0 Å². The quantitative estimate of drug-likeness (QED) is 0.834. The Balaban J connectivity index is 2.18. The van der Waals surface area contributed by atoms with Crippen molar-refractivity contribution in [2.75, 3.05) is 18.9 Å². The molecule has 2 rings (SSSR count). The van der Waals surface area contributed by atoms with E-state index in [0.717, 1.165) is 37.2 Å². The highest BCUT2D eigenvalue weighted by Crippen LogP contribution is 2.21. The number of nitrogens with two attached hydrogens (primary N) is 1. The first-order valence-electron chi connectivity index (χ1n) is 5.71. The molecule has 1 aromatic carbocycles. The average Bonchev–Trinajstić information content (AvgIpc) is 2.60. The predicted octanol–water partition coefficient (Wildman–Crippen LogP) is 2.70. The van der Waals surface area contributed by atoms with E-state index in [4.69, 9.17) is 22.1 Å². The molecule has 0 spiro atoms. The van der Waals surface area contributed by atoms with Crippen LogP contribution >= 0.6 is 11.6 Å². The topological polar surface area (TPSA) is 53.1 Å². The summed E-state index contributed by atoms with van der Waals surface area (Å²) in [5.41, 5.74) is 7.74. The van der Waals surface area contributed by atoms with Crippen molar-refractivity contribution in [3.8, 4) is 0 Å². The van der Waals surface area contributed by atoms with Crippen LogP contribution in [-0.2, 0) is 11.3 Å². The molecule has 0 saturated heterocycles. The number of hydrogen-bond acceptors (Lipinski definition) is 3. The van der Waals surface area contributed by atoms with Crippen molar-refractivity contribution < 1.29 is 4.74 Å². The molecule has 1 heterocycles. The minimum atomic E-state index is 0.527. The fourth-order valence-corrected chi connectivity index (χ4v) is 1.99. The maximum Gasteiger partial charge on any atom is 0.201 e. The summed E-state index contributed by atoms with van der Waals surface area (Å²) >= 11 is 5.92. The third kappa shape index (κ3) is 2.70. The highest BCUT2D eigenvalue weighted by atomic mass is 35.5. The van der Waals surface area contributed by atoms with Crippen LogP contribution in [0, 0.1) is 0 Å². The van der Waals surface area contributed by atoms with Crippen molar-refractivity contribution in [2.24, 2.45) is 0 Å². The number of aromatic nitrogens is 2. The highest BCUT2D eigenvalue weighted by Gasteiger charge is 2.07. The van der Waals surface area contributed by atoms with Crippen molar-refractivity contribution in [1.82, 2.24) is 9.55 Å². The molecule has 0 aliphatic heterocycles. The van der Waals surface area contributed by atoms with Crippen LogP contribution in [0.25, 0.3) is 11.0 Å². The van der Waals surface area contributed by atoms with Crippen LogP contribution in [0.5, 0.6) is 0 Å². The molecule has 2 N–H and O–H groups in total. The van der Waals surface area contributed by atoms with Crippen LogP contribution in [0.2, 0.25) is 5.02 Å². The number of benzene rings is 1. The molecule has 5 heteroatoms. The Morgan fingerprint density at radius 3 is 3.06 bits per heavy atom. The van der Waals surface area contributed by atoms with Gasteiger partial charge in [-0.3, -0.25) is 0 Å². The number of rotatable bonds is 5. The number of aryl methyl sites for hydroxylation is 1. The van der Waals surface area contributed by atoms with Crippen molar-refractivity contribution in [2.45, 2.75) is 19.9 Å². The summed E-state index contributed by atoms with van der Waals surface area (Å²) < 4.78 is 7.30. The van der Waals surface area contributed by atoms with E-state index in [1.54, 1.807) is 0 Å². The molecule has 0 aliphatic rings. The zero-order valence-electron chi connectivity index (χ0n) is 9.82. The van der Waals surface area contributed by atoms with Gasteiger partial charge in [0.1, 0.15) is 0 Å². The largest absolute Gasteiger partial charge is 0.382 e. The summed E-state index contributed by atoms with van der Waals surface area (Å²) in [5, 5.41) is 0.677. The van der Waals surface area contributed by atoms with E-state index in [2.05, 4.69) is 4.98 Å². The predicted molar refractivity (Wildman–Crippen MR) is 70.3 cm³/mol. The summed E-state index contributed by atoms with van der Waals surface area (Å²) in [7, 11) is 0. The third-order valence-corrected chi connectivity index (χ3v) is 2.85. The van der Waals surface area contributed by atoms with Crippen molar-refractivity contribution >= 4 is 28.6 Å². The fourth-order valence-electron chi connectivity index (χ4n) is 1.83. The number of hydrogen-bond donors (Lipinski definition) is 1. The molecule has 0 radical (unpaired) electrons. The summed E-state index contributed by atoms with van der Waals surface area (Å²) in [6.07, 6.45) is 0.923. The molecule has 0 fully saturated rings. The number of nitrogen functional groups attached to an aromatic ring is 1. The Morgan fingerprint density at radius 2 is 2.29 bits per heavy atom. The van der Waals surface area contributed by atoms with Gasteiger partial charge in [0.15, 0.2) is 0 Å². The number of imidazole rings is 1. The van der Waals surface area contributed by atoms with E-state index in [1.807, 2.05) is 29.7 Å². The monoisotopic (exact) mass is 253 g/mol. The average molecular weight is 254 g/mol. The Kier molecular flexibility index (Phi) is 3.86. The van der Waals surface area contributed by atoms with Gasteiger partial charge in [-0.2, -0.15) is 0 Å². The maximum atomic E-state index is 5.92. The first-order valence-corrected chi connectivity index (χ1v) is 6.09. The van der Waals surface area contributed by atoms with E-state index < -0.39 is 0 Å². The molecule has 2 aromatic rings. The minimum Gasteiger partial charge on any atom is -0.382 e. The van der Waals surface area contributed by atoms with Gasteiger partial charge >= 0.3 is 0 Å². The maximum absolute atomic E-state index is 5.92.